The van der Waals surface area contributed by atoms with Gasteiger partial charge in [-0.1, -0.05) is 18.6 Å². The number of carbonyl (C=O) groups excluding carboxylic acids is 1. The highest BCUT2D eigenvalue weighted by Gasteiger charge is 2.03. The highest BCUT2D eigenvalue weighted by atomic mass is 16.3. The number of unbranched alkanes of at least 4 members (excludes halogenated alkanes) is 2. The van der Waals surface area contributed by atoms with Crippen LogP contribution in [0.4, 0.5) is 0 Å². The molecule has 0 aliphatic rings. The molecule has 16 heavy (non-hydrogen) atoms. The second-order valence-electron chi connectivity index (χ2n) is 3.98. The first kappa shape index (κ1) is 12.7. The van der Waals surface area contributed by atoms with E-state index in [2.05, 4.69) is 0 Å². The Morgan fingerprint density at radius 2 is 2.06 bits per heavy atom. The molecule has 3 N–H and O–H groups in total. The topological polar surface area (TPSA) is 63.3 Å². The summed E-state index contributed by atoms with van der Waals surface area (Å²) in [6.45, 7) is 0.695. The van der Waals surface area contributed by atoms with Crippen molar-refractivity contribution in [2.24, 2.45) is 5.73 Å². The molecule has 0 unspecified atom stereocenters. The fourth-order valence-corrected chi connectivity index (χ4v) is 1.63. The number of phenols is 1. The Morgan fingerprint density at radius 1 is 1.25 bits per heavy atom. The zero-order valence-electron chi connectivity index (χ0n) is 9.48. The van der Waals surface area contributed by atoms with Gasteiger partial charge in [0.15, 0.2) is 0 Å². The van der Waals surface area contributed by atoms with E-state index in [1.807, 2.05) is 6.07 Å². The number of hydrogen-bond donors (Lipinski definition) is 2. The van der Waals surface area contributed by atoms with Gasteiger partial charge in [0.05, 0.1) is 0 Å². The summed E-state index contributed by atoms with van der Waals surface area (Å²) >= 11 is 0. The summed E-state index contributed by atoms with van der Waals surface area (Å²) in [5.41, 5.74) is 6.25. The third-order valence-electron chi connectivity index (χ3n) is 2.47. The lowest BCUT2D eigenvalue weighted by Crippen LogP contribution is -2.03. The molecule has 1 rings (SSSR count). The van der Waals surface area contributed by atoms with E-state index in [1.54, 1.807) is 18.2 Å². The molecule has 0 amide bonds. The van der Waals surface area contributed by atoms with Gasteiger partial charge in [-0.25, -0.2) is 0 Å². The van der Waals surface area contributed by atoms with E-state index >= 15 is 0 Å². The number of carbonyl (C=O) groups is 1. The SMILES string of the molecule is NCCCCCC(=O)Cc1cccc(O)c1. The van der Waals surface area contributed by atoms with E-state index in [-0.39, 0.29) is 11.5 Å². The zero-order valence-corrected chi connectivity index (χ0v) is 9.48. The molecule has 0 aliphatic heterocycles. The summed E-state index contributed by atoms with van der Waals surface area (Å²) in [6, 6.07) is 6.86. The number of phenolic OH excluding ortho intramolecular Hbond substituents is 1. The molecule has 0 fully saturated rings. The molecule has 0 saturated heterocycles. The van der Waals surface area contributed by atoms with Crippen LogP contribution in [0.5, 0.6) is 5.75 Å². The van der Waals surface area contributed by atoms with Gasteiger partial charge in [-0.3, -0.25) is 4.79 Å². The van der Waals surface area contributed by atoms with Crippen molar-refractivity contribution in [2.45, 2.75) is 32.1 Å². The summed E-state index contributed by atoms with van der Waals surface area (Å²) < 4.78 is 0. The minimum absolute atomic E-state index is 0.216. The molecule has 3 heteroatoms. The predicted octanol–water partition coefficient (Wildman–Crippen LogP) is 2.02. The first-order chi connectivity index (χ1) is 7.72. The minimum atomic E-state index is 0.216. The number of ketones is 1. The van der Waals surface area contributed by atoms with Crippen LogP contribution in [0.1, 0.15) is 31.2 Å². The van der Waals surface area contributed by atoms with Crippen LogP contribution in [0.25, 0.3) is 0 Å². The Balaban J connectivity index is 2.29. The average molecular weight is 221 g/mol. The number of hydrogen-bond acceptors (Lipinski definition) is 3. The summed E-state index contributed by atoms with van der Waals surface area (Å²) in [5, 5.41) is 9.25. The van der Waals surface area contributed by atoms with Crippen molar-refractivity contribution in [3.63, 3.8) is 0 Å². The monoisotopic (exact) mass is 221 g/mol. The van der Waals surface area contributed by atoms with Crippen LogP contribution in [0.3, 0.4) is 0 Å². The molecule has 0 heterocycles. The van der Waals surface area contributed by atoms with Crippen LogP contribution in [-0.2, 0) is 11.2 Å². The van der Waals surface area contributed by atoms with Gasteiger partial charge in [-0.2, -0.15) is 0 Å². The van der Waals surface area contributed by atoms with Crippen LogP contribution in [0, 0.1) is 0 Å². The number of aromatic hydroxyl groups is 1. The molecule has 3 nitrogen and oxygen atoms in total. The van der Waals surface area contributed by atoms with Crippen LogP contribution < -0.4 is 5.73 Å². The maximum Gasteiger partial charge on any atom is 0.137 e. The smallest absolute Gasteiger partial charge is 0.137 e. The summed E-state index contributed by atoms with van der Waals surface area (Å²) in [5.74, 6) is 0.441. The molecule has 0 aromatic heterocycles. The molecule has 0 aliphatic carbocycles. The number of nitrogens with two attached hydrogens (primary N) is 1. The van der Waals surface area contributed by atoms with Gasteiger partial charge in [-0.05, 0) is 37.1 Å². The van der Waals surface area contributed by atoms with E-state index in [1.165, 1.54) is 0 Å². The van der Waals surface area contributed by atoms with E-state index < -0.39 is 0 Å². The van der Waals surface area contributed by atoms with Gasteiger partial charge >= 0.3 is 0 Å². The van der Waals surface area contributed by atoms with Gasteiger partial charge < -0.3 is 10.8 Å². The first-order valence-electron chi connectivity index (χ1n) is 5.72. The van der Waals surface area contributed by atoms with Crippen molar-refractivity contribution in [3.05, 3.63) is 29.8 Å². The molecule has 0 radical (unpaired) electrons. The summed E-state index contributed by atoms with van der Waals surface area (Å²) in [6.07, 6.45) is 3.93. The molecule has 0 bridgehead atoms. The van der Waals surface area contributed by atoms with Gasteiger partial charge in [0.2, 0.25) is 0 Å². The van der Waals surface area contributed by atoms with E-state index in [0.717, 1.165) is 24.8 Å². The van der Waals surface area contributed by atoms with Crippen LogP contribution in [-0.4, -0.2) is 17.4 Å². The molecular formula is C13H19NO2. The Morgan fingerprint density at radius 3 is 2.75 bits per heavy atom. The number of benzene rings is 1. The van der Waals surface area contributed by atoms with Crippen molar-refractivity contribution in [3.8, 4) is 5.75 Å². The third-order valence-corrected chi connectivity index (χ3v) is 2.47. The quantitative estimate of drug-likeness (QED) is 0.692. The van der Waals surface area contributed by atoms with Crippen LogP contribution in [0.15, 0.2) is 24.3 Å². The second kappa shape index (κ2) is 7.01. The highest BCUT2D eigenvalue weighted by molar-refractivity contribution is 5.80. The minimum Gasteiger partial charge on any atom is -0.508 e. The number of rotatable bonds is 7. The fraction of sp³-hybridized carbons (Fsp3) is 0.462. The third kappa shape index (κ3) is 4.94. The van der Waals surface area contributed by atoms with Gasteiger partial charge in [0.25, 0.3) is 0 Å². The predicted molar refractivity (Wildman–Crippen MR) is 64.3 cm³/mol. The molecular weight excluding hydrogens is 202 g/mol. The van der Waals surface area contributed by atoms with Crippen molar-refractivity contribution < 1.29 is 9.90 Å². The van der Waals surface area contributed by atoms with Crippen molar-refractivity contribution in [2.75, 3.05) is 6.54 Å². The Bertz CT molecular complexity index is 336. The molecule has 0 atom stereocenters. The lowest BCUT2D eigenvalue weighted by atomic mass is 10.0. The molecule has 0 spiro atoms. The summed E-state index contributed by atoms with van der Waals surface area (Å²) in [7, 11) is 0. The molecule has 88 valence electrons. The molecule has 1 aromatic rings. The van der Waals surface area contributed by atoms with Gasteiger partial charge in [0, 0.05) is 12.8 Å². The van der Waals surface area contributed by atoms with Crippen molar-refractivity contribution in [1.29, 1.82) is 0 Å². The normalized spacial score (nSPS) is 10.3. The zero-order chi connectivity index (χ0) is 11.8. The van der Waals surface area contributed by atoms with Crippen molar-refractivity contribution in [1.82, 2.24) is 0 Å². The summed E-state index contributed by atoms with van der Waals surface area (Å²) in [4.78, 5) is 11.6. The van der Waals surface area contributed by atoms with E-state index in [4.69, 9.17) is 5.73 Å². The second-order valence-corrected chi connectivity index (χ2v) is 3.98. The lowest BCUT2D eigenvalue weighted by molar-refractivity contribution is -0.118. The standard InChI is InChI=1S/C13H19NO2/c14-8-3-1-2-6-12(15)9-11-5-4-7-13(16)10-11/h4-5,7,10,16H,1-3,6,8-9,14H2. The number of Topliss-reactive ketones (excluding diaryl/α,β-unsaturated/α-hetero) is 1. The van der Waals surface area contributed by atoms with E-state index in [9.17, 15) is 9.90 Å². The Hall–Kier alpha value is -1.35. The fourth-order valence-electron chi connectivity index (χ4n) is 1.63. The first-order valence-corrected chi connectivity index (χ1v) is 5.72. The molecule has 0 saturated carbocycles. The van der Waals surface area contributed by atoms with Crippen LogP contribution >= 0.6 is 0 Å². The van der Waals surface area contributed by atoms with Crippen LogP contribution in [0.2, 0.25) is 0 Å². The maximum atomic E-state index is 11.6. The Labute approximate surface area is 96.3 Å². The van der Waals surface area contributed by atoms with Gasteiger partial charge in [-0.15, -0.1) is 0 Å². The van der Waals surface area contributed by atoms with E-state index in [0.29, 0.717) is 19.4 Å². The van der Waals surface area contributed by atoms with Crippen molar-refractivity contribution >= 4 is 5.78 Å². The maximum absolute atomic E-state index is 11.6. The lowest BCUT2D eigenvalue weighted by Gasteiger charge is -2.02. The molecule has 1 aromatic carbocycles. The van der Waals surface area contributed by atoms with Gasteiger partial charge in [0.1, 0.15) is 11.5 Å². The Kier molecular flexibility index (Phi) is 5.57. The highest BCUT2D eigenvalue weighted by Crippen LogP contribution is 2.12. The largest absolute Gasteiger partial charge is 0.508 e. The average Bonchev–Trinajstić information content (AvgIpc) is 2.24.